The molecule has 0 saturated carbocycles. The van der Waals surface area contributed by atoms with Crippen molar-refractivity contribution in [1.82, 2.24) is 4.90 Å². The van der Waals surface area contributed by atoms with Crippen LogP contribution in [0.4, 0.5) is 5.69 Å². The first kappa shape index (κ1) is 17.8. The maximum absolute atomic E-state index is 10.8. The molecule has 1 amide bonds. The fraction of sp³-hybridized carbons (Fsp3) is 0.421. The Labute approximate surface area is 153 Å². The average Bonchev–Trinajstić information content (AvgIpc) is 3.14. The Kier molecular flexibility index (Phi) is 6.30. The Hall–Kier alpha value is -2.05. The van der Waals surface area contributed by atoms with Gasteiger partial charge in [0.1, 0.15) is 12.4 Å². The van der Waals surface area contributed by atoms with E-state index in [0.717, 1.165) is 50.6 Å². The number of amides is 1. The predicted octanol–water partition coefficient (Wildman–Crippen LogP) is 2.71. The van der Waals surface area contributed by atoms with E-state index in [1.165, 1.54) is 4.88 Å². The van der Waals surface area contributed by atoms with Crippen LogP contribution in [0.25, 0.3) is 0 Å². The van der Waals surface area contributed by atoms with Crippen molar-refractivity contribution in [2.45, 2.75) is 19.4 Å². The van der Waals surface area contributed by atoms with Crippen molar-refractivity contribution in [2.24, 2.45) is 5.73 Å². The van der Waals surface area contributed by atoms with Gasteiger partial charge in [0.15, 0.2) is 0 Å². The summed E-state index contributed by atoms with van der Waals surface area (Å²) in [5.41, 5.74) is 6.37. The molecule has 5 nitrogen and oxygen atoms in total. The van der Waals surface area contributed by atoms with E-state index < -0.39 is 0 Å². The van der Waals surface area contributed by atoms with Gasteiger partial charge in [0.2, 0.25) is 5.91 Å². The Bertz CT molecular complexity index is 667. The molecular formula is C19H25N3O2S. The largest absolute Gasteiger partial charge is 0.486 e. The van der Waals surface area contributed by atoms with Crippen LogP contribution in [0.2, 0.25) is 0 Å². The van der Waals surface area contributed by atoms with Gasteiger partial charge in [-0.3, -0.25) is 9.69 Å². The first-order chi connectivity index (χ1) is 12.2. The fourth-order valence-corrected chi connectivity index (χ4v) is 3.69. The Morgan fingerprint density at radius 2 is 1.92 bits per heavy atom. The van der Waals surface area contributed by atoms with E-state index >= 15 is 0 Å². The number of para-hydroxylation sites is 2. The van der Waals surface area contributed by atoms with Crippen LogP contribution < -0.4 is 15.4 Å². The molecule has 1 saturated heterocycles. The summed E-state index contributed by atoms with van der Waals surface area (Å²) < 4.78 is 6.06. The highest BCUT2D eigenvalue weighted by Crippen LogP contribution is 2.30. The molecule has 134 valence electrons. The molecule has 1 aromatic heterocycles. The average molecular weight is 359 g/mol. The summed E-state index contributed by atoms with van der Waals surface area (Å²) in [7, 11) is 0. The summed E-state index contributed by atoms with van der Waals surface area (Å²) in [5.74, 6) is 0.730. The number of anilines is 1. The molecule has 0 bridgehead atoms. The molecule has 25 heavy (non-hydrogen) atoms. The molecule has 0 aliphatic carbocycles. The number of benzene rings is 1. The van der Waals surface area contributed by atoms with Gasteiger partial charge in [0.05, 0.1) is 5.69 Å². The Morgan fingerprint density at radius 1 is 1.12 bits per heavy atom. The summed E-state index contributed by atoms with van der Waals surface area (Å²) in [4.78, 5) is 16.9. The lowest BCUT2D eigenvalue weighted by atomic mass is 10.2. The lowest BCUT2D eigenvalue weighted by molar-refractivity contribution is -0.118. The number of rotatable bonds is 8. The highest BCUT2D eigenvalue weighted by Gasteiger charge is 2.19. The molecule has 0 radical (unpaired) electrons. The molecule has 2 aromatic rings. The van der Waals surface area contributed by atoms with E-state index in [1.807, 2.05) is 18.2 Å². The quantitative estimate of drug-likeness (QED) is 0.787. The van der Waals surface area contributed by atoms with Crippen LogP contribution >= 0.6 is 11.3 Å². The van der Waals surface area contributed by atoms with Crippen molar-refractivity contribution in [1.29, 1.82) is 0 Å². The Morgan fingerprint density at radius 3 is 2.64 bits per heavy atom. The van der Waals surface area contributed by atoms with Gasteiger partial charge >= 0.3 is 0 Å². The van der Waals surface area contributed by atoms with E-state index in [-0.39, 0.29) is 5.91 Å². The summed E-state index contributed by atoms with van der Waals surface area (Å²) in [6.07, 6.45) is 1.31. The van der Waals surface area contributed by atoms with Gasteiger partial charge in [-0.1, -0.05) is 18.2 Å². The second-order valence-electron chi connectivity index (χ2n) is 6.23. The van der Waals surface area contributed by atoms with Crippen LogP contribution in [0.3, 0.4) is 0 Å². The maximum Gasteiger partial charge on any atom is 0.217 e. The molecule has 2 heterocycles. The van der Waals surface area contributed by atoms with Crippen molar-refractivity contribution in [2.75, 3.05) is 37.6 Å². The molecule has 0 spiro atoms. The van der Waals surface area contributed by atoms with Crippen molar-refractivity contribution < 1.29 is 9.53 Å². The first-order valence-corrected chi connectivity index (χ1v) is 9.60. The van der Waals surface area contributed by atoms with Crippen molar-refractivity contribution in [3.63, 3.8) is 0 Å². The smallest absolute Gasteiger partial charge is 0.217 e. The zero-order valence-electron chi connectivity index (χ0n) is 14.4. The second-order valence-corrected chi connectivity index (χ2v) is 7.27. The number of nitrogens with zero attached hydrogens (tertiary/aromatic N) is 2. The number of nitrogens with two attached hydrogens (primary N) is 1. The molecule has 1 fully saturated rings. The molecule has 1 aromatic carbocycles. The molecule has 0 unspecified atom stereocenters. The second kappa shape index (κ2) is 8.87. The number of carbonyl (C=O) groups excluding carboxylic acids is 1. The van der Waals surface area contributed by atoms with E-state index in [4.69, 9.17) is 10.5 Å². The summed E-state index contributed by atoms with van der Waals surface area (Å²) in [6.45, 7) is 5.48. The number of carbonyl (C=O) groups is 1. The zero-order valence-corrected chi connectivity index (χ0v) is 15.2. The lowest BCUT2D eigenvalue weighted by Gasteiger charge is -2.36. The number of primary amides is 1. The topological polar surface area (TPSA) is 58.8 Å². The molecule has 0 atom stereocenters. The van der Waals surface area contributed by atoms with Gasteiger partial charge in [-0.25, -0.2) is 0 Å². The molecule has 6 heteroatoms. The summed E-state index contributed by atoms with van der Waals surface area (Å²) in [6, 6.07) is 12.4. The van der Waals surface area contributed by atoms with Crippen LogP contribution in [0, 0.1) is 0 Å². The maximum atomic E-state index is 10.8. The van der Waals surface area contributed by atoms with E-state index in [9.17, 15) is 4.79 Å². The molecule has 3 rings (SSSR count). The van der Waals surface area contributed by atoms with Gasteiger partial charge in [-0.15, -0.1) is 11.3 Å². The highest BCUT2D eigenvalue weighted by atomic mass is 32.1. The van der Waals surface area contributed by atoms with Gasteiger partial charge in [0, 0.05) is 37.5 Å². The molecule has 2 N–H and O–H groups in total. The van der Waals surface area contributed by atoms with Gasteiger partial charge in [0.25, 0.3) is 0 Å². The van der Waals surface area contributed by atoms with Gasteiger partial charge in [-0.05, 0) is 36.5 Å². The first-order valence-electron chi connectivity index (χ1n) is 8.72. The van der Waals surface area contributed by atoms with E-state index in [2.05, 4.69) is 33.4 Å². The van der Waals surface area contributed by atoms with Crippen LogP contribution in [0.1, 0.15) is 17.7 Å². The number of hydrogen-bond donors (Lipinski definition) is 1. The lowest BCUT2D eigenvalue weighted by Crippen LogP contribution is -2.46. The number of thiophene rings is 1. The molecule has 1 aliphatic heterocycles. The normalized spacial score (nSPS) is 15.3. The minimum atomic E-state index is -0.213. The summed E-state index contributed by atoms with van der Waals surface area (Å²) in [5, 5.41) is 2.07. The SMILES string of the molecule is NC(=O)CCCN1CCN(c2ccccc2OCc2cccs2)CC1. The van der Waals surface area contributed by atoms with E-state index in [1.54, 1.807) is 11.3 Å². The Balaban J connectivity index is 1.53. The third kappa shape index (κ3) is 5.21. The predicted molar refractivity (Wildman–Crippen MR) is 102 cm³/mol. The third-order valence-corrected chi connectivity index (χ3v) is 5.28. The van der Waals surface area contributed by atoms with Crippen LogP contribution in [0.5, 0.6) is 5.75 Å². The standard InChI is InChI=1S/C19H25N3O2S/c20-19(23)8-3-9-21-10-12-22(13-11-21)17-6-1-2-7-18(17)24-15-16-5-4-14-25-16/h1-2,4-7,14H,3,8-13,15H2,(H2,20,23). The van der Waals surface area contributed by atoms with Gasteiger partial charge < -0.3 is 15.4 Å². The number of ether oxygens (including phenoxy) is 1. The summed E-state index contributed by atoms with van der Waals surface area (Å²) >= 11 is 1.72. The van der Waals surface area contributed by atoms with Crippen LogP contribution in [0.15, 0.2) is 41.8 Å². The van der Waals surface area contributed by atoms with Crippen LogP contribution in [-0.4, -0.2) is 43.5 Å². The van der Waals surface area contributed by atoms with Crippen molar-refractivity contribution in [3.8, 4) is 5.75 Å². The van der Waals surface area contributed by atoms with E-state index in [0.29, 0.717) is 13.0 Å². The van der Waals surface area contributed by atoms with Gasteiger partial charge in [-0.2, -0.15) is 0 Å². The van der Waals surface area contributed by atoms with Crippen molar-refractivity contribution >= 4 is 22.9 Å². The zero-order chi connectivity index (χ0) is 17.5. The minimum absolute atomic E-state index is 0.213. The van der Waals surface area contributed by atoms with Crippen molar-refractivity contribution in [3.05, 3.63) is 46.7 Å². The van der Waals surface area contributed by atoms with Crippen LogP contribution in [-0.2, 0) is 11.4 Å². The number of piperazine rings is 1. The fourth-order valence-electron chi connectivity index (χ4n) is 3.07. The number of hydrogen-bond acceptors (Lipinski definition) is 5. The molecular weight excluding hydrogens is 334 g/mol. The minimum Gasteiger partial charge on any atom is -0.486 e. The highest BCUT2D eigenvalue weighted by molar-refractivity contribution is 7.09. The molecule has 1 aliphatic rings. The third-order valence-electron chi connectivity index (χ3n) is 4.43. The monoisotopic (exact) mass is 359 g/mol.